The SMILES string of the molecule is C[C@@H](C(=O)N1CCN(c2ccccc2)CC1)N1CC=C(c2ccccc2)CC1. The van der Waals surface area contributed by atoms with Crippen LogP contribution in [-0.4, -0.2) is 61.0 Å². The Hall–Kier alpha value is -2.59. The highest BCUT2D eigenvalue weighted by atomic mass is 16.2. The molecule has 0 N–H and O–H groups in total. The molecule has 2 aromatic carbocycles. The van der Waals surface area contributed by atoms with Crippen LogP contribution in [0, 0.1) is 0 Å². The third kappa shape index (κ3) is 4.12. The van der Waals surface area contributed by atoms with Gasteiger partial charge in [-0.1, -0.05) is 54.6 Å². The lowest BCUT2D eigenvalue weighted by Crippen LogP contribution is -2.54. The molecule has 0 unspecified atom stereocenters. The van der Waals surface area contributed by atoms with E-state index in [0.717, 1.165) is 45.7 Å². The Balaban J connectivity index is 1.31. The number of nitrogens with zero attached hydrogens (tertiary/aromatic N) is 3. The van der Waals surface area contributed by atoms with Crippen molar-refractivity contribution in [2.45, 2.75) is 19.4 Å². The first-order valence-electron chi connectivity index (χ1n) is 10.3. The van der Waals surface area contributed by atoms with Crippen molar-refractivity contribution >= 4 is 17.2 Å². The van der Waals surface area contributed by atoms with E-state index in [1.54, 1.807) is 0 Å². The van der Waals surface area contributed by atoms with E-state index in [2.05, 4.69) is 77.4 Å². The number of para-hydroxylation sites is 1. The van der Waals surface area contributed by atoms with Gasteiger partial charge in [0.05, 0.1) is 6.04 Å². The van der Waals surface area contributed by atoms with Crippen molar-refractivity contribution in [1.29, 1.82) is 0 Å². The molecule has 0 bridgehead atoms. The van der Waals surface area contributed by atoms with Gasteiger partial charge >= 0.3 is 0 Å². The lowest BCUT2D eigenvalue weighted by Gasteiger charge is -2.39. The van der Waals surface area contributed by atoms with E-state index in [0.29, 0.717) is 0 Å². The molecule has 1 amide bonds. The topological polar surface area (TPSA) is 26.8 Å². The first-order valence-corrected chi connectivity index (χ1v) is 10.3. The number of benzene rings is 2. The van der Waals surface area contributed by atoms with E-state index >= 15 is 0 Å². The van der Waals surface area contributed by atoms with Crippen LogP contribution in [0.2, 0.25) is 0 Å². The van der Waals surface area contributed by atoms with Crippen molar-refractivity contribution in [2.24, 2.45) is 0 Å². The standard InChI is InChI=1S/C24H29N3O/c1-20(25-14-12-22(13-15-25)21-8-4-2-5-9-21)24(28)27-18-16-26(17-19-27)23-10-6-3-7-11-23/h2-12,20H,13-19H2,1H3/t20-/m0/s1. The van der Waals surface area contributed by atoms with Crippen LogP contribution in [0.15, 0.2) is 66.7 Å². The third-order valence-corrected chi connectivity index (χ3v) is 6.00. The predicted octanol–water partition coefficient (Wildman–Crippen LogP) is 3.51. The molecule has 2 heterocycles. The van der Waals surface area contributed by atoms with Gasteiger partial charge in [-0.25, -0.2) is 0 Å². The second-order valence-corrected chi connectivity index (χ2v) is 7.66. The molecule has 4 heteroatoms. The molecule has 1 saturated heterocycles. The molecule has 28 heavy (non-hydrogen) atoms. The van der Waals surface area contributed by atoms with Crippen LogP contribution in [0.1, 0.15) is 18.9 Å². The smallest absolute Gasteiger partial charge is 0.239 e. The fraction of sp³-hybridized carbons (Fsp3) is 0.375. The molecule has 0 spiro atoms. The van der Waals surface area contributed by atoms with Crippen molar-refractivity contribution in [3.8, 4) is 0 Å². The van der Waals surface area contributed by atoms with Gasteiger partial charge in [0.1, 0.15) is 0 Å². The normalized spacial score (nSPS) is 19.2. The molecule has 1 atom stereocenters. The summed E-state index contributed by atoms with van der Waals surface area (Å²) in [4.78, 5) is 19.7. The van der Waals surface area contributed by atoms with Crippen LogP contribution in [0.4, 0.5) is 5.69 Å². The van der Waals surface area contributed by atoms with Crippen LogP contribution < -0.4 is 4.90 Å². The van der Waals surface area contributed by atoms with Crippen LogP contribution in [-0.2, 0) is 4.79 Å². The summed E-state index contributed by atoms with van der Waals surface area (Å²) in [5, 5.41) is 0. The zero-order valence-electron chi connectivity index (χ0n) is 16.6. The van der Waals surface area contributed by atoms with E-state index in [1.165, 1.54) is 16.8 Å². The van der Waals surface area contributed by atoms with E-state index in [4.69, 9.17) is 0 Å². The Bertz CT molecular complexity index is 810. The van der Waals surface area contributed by atoms with Gasteiger partial charge in [-0.15, -0.1) is 0 Å². The highest BCUT2D eigenvalue weighted by Gasteiger charge is 2.29. The fourth-order valence-electron chi connectivity index (χ4n) is 4.20. The monoisotopic (exact) mass is 375 g/mol. The number of piperazine rings is 1. The Labute approximate surface area is 168 Å². The molecule has 4 rings (SSSR count). The highest BCUT2D eigenvalue weighted by Crippen LogP contribution is 2.24. The third-order valence-electron chi connectivity index (χ3n) is 6.00. The van der Waals surface area contributed by atoms with Gasteiger partial charge in [0.15, 0.2) is 0 Å². The molecule has 0 aliphatic carbocycles. The highest BCUT2D eigenvalue weighted by molar-refractivity contribution is 5.82. The molecule has 0 radical (unpaired) electrons. The summed E-state index contributed by atoms with van der Waals surface area (Å²) in [5.74, 6) is 0.268. The van der Waals surface area contributed by atoms with Crippen molar-refractivity contribution in [3.63, 3.8) is 0 Å². The van der Waals surface area contributed by atoms with Gasteiger partial charge < -0.3 is 9.80 Å². The summed E-state index contributed by atoms with van der Waals surface area (Å²) >= 11 is 0. The second-order valence-electron chi connectivity index (χ2n) is 7.66. The molecule has 0 saturated carbocycles. The molecule has 2 aromatic rings. The molecule has 2 aliphatic rings. The lowest BCUT2D eigenvalue weighted by molar-refractivity contribution is -0.136. The van der Waals surface area contributed by atoms with Gasteiger partial charge in [-0.3, -0.25) is 9.69 Å². The largest absolute Gasteiger partial charge is 0.368 e. The van der Waals surface area contributed by atoms with E-state index in [9.17, 15) is 4.79 Å². The van der Waals surface area contributed by atoms with Crippen molar-refractivity contribution in [1.82, 2.24) is 9.80 Å². The molecule has 0 aromatic heterocycles. The first kappa shape index (κ1) is 18.8. The van der Waals surface area contributed by atoms with Gasteiger partial charge in [-0.2, -0.15) is 0 Å². The van der Waals surface area contributed by atoms with Crippen LogP contribution >= 0.6 is 0 Å². The minimum atomic E-state index is -0.0585. The predicted molar refractivity (Wildman–Crippen MR) is 115 cm³/mol. The Kier molecular flexibility index (Phi) is 5.77. The average Bonchev–Trinajstić information content (AvgIpc) is 2.79. The summed E-state index contributed by atoms with van der Waals surface area (Å²) in [7, 11) is 0. The molecule has 1 fully saturated rings. The number of anilines is 1. The molecule has 146 valence electrons. The summed E-state index contributed by atoms with van der Waals surface area (Å²) in [6.07, 6.45) is 3.29. The number of amides is 1. The van der Waals surface area contributed by atoms with E-state index < -0.39 is 0 Å². The van der Waals surface area contributed by atoms with Gasteiger partial charge in [-0.05, 0) is 36.6 Å². The maximum Gasteiger partial charge on any atom is 0.239 e. The Morgan fingerprint density at radius 2 is 1.50 bits per heavy atom. The number of hydrogen-bond donors (Lipinski definition) is 0. The first-order chi connectivity index (χ1) is 13.7. The molecular formula is C24H29N3O. The zero-order chi connectivity index (χ0) is 19.3. The number of carbonyl (C=O) groups excluding carboxylic acids is 1. The summed E-state index contributed by atoms with van der Waals surface area (Å²) in [6, 6.07) is 21.0. The molecular weight excluding hydrogens is 346 g/mol. The maximum absolute atomic E-state index is 13.0. The van der Waals surface area contributed by atoms with Gasteiger partial charge in [0.25, 0.3) is 0 Å². The number of hydrogen-bond acceptors (Lipinski definition) is 3. The maximum atomic E-state index is 13.0. The summed E-state index contributed by atoms with van der Waals surface area (Å²) in [5.41, 5.74) is 3.95. The van der Waals surface area contributed by atoms with Gasteiger partial charge in [0, 0.05) is 45.0 Å². The number of rotatable bonds is 4. The minimum absolute atomic E-state index is 0.0585. The van der Waals surface area contributed by atoms with Crippen molar-refractivity contribution < 1.29 is 4.79 Å². The summed E-state index contributed by atoms with van der Waals surface area (Å²) < 4.78 is 0. The fourth-order valence-corrected chi connectivity index (χ4v) is 4.20. The Morgan fingerprint density at radius 3 is 2.11 bits per heavy atom. The summed E-state index contributed by atoms with van der Waals surface area (Å²) in [6.45, 7) is 7.26. The van der Waals surface area contributed by atoms with E-state index in [1.807, 2.05) is 11.0 Å². The van der Waals surface area contributed by atoms with E-state index in [-0.39, 0.29) is 11.9 Å². The van der Waals surface area contributed by atoms with Crippen LogP contribution in [0.25, 0.3) is 5.57 Å². The van der Waals surface area contributed by atoms with Crippen molar-refractivity contribution in [2.75, 3.05) is 44.2 Å². The van der Waals surface area contributed by atoms with Crippen LogP contribution in [0.5, 0.6) is 0 Å². The quantitative estimate of drug-likeness (QED) is 0.818. The van der Waals surface area contributed by atoms with Crippen LogP contribution in [0.3, 0.4) is 0 Å². The average molecular weight is 376 g/mol. The zero-order valence-corrected chi connectivity index (χ0v) is 16.6. The van der Waals surface area contributed by atoms with Crippen molar-refractivity contribution in [3.05, 3.63) is 72.3 Å². The number of carbonyl (C=O) groups is 1. The Morgan fingerprint density at radius 1 is 0.857 bits per heavy atom. The van der Waals surface area contributed by atoms with Gasteiger partial charge in [0.2, 0.25) is 5.91 Å². The lowest BCUT2D eigenvalue weighted by atomic mass is 9.98. The second kappa shape index (κ2) is 8.61. The molecule has 4 nitrogen and oxygen atoms in total. The molecule has 2 aliphatic heterocycles. The minimum Gasteiger partial charge on any atom is -0.368 e.